The third-order valence-corrected chi connectivity index (χ3v) is 2.83. The zero-order valence-corrected chi connectivity index (χ0v) is 8.41. The van der Waals surface area contributed by atoms with Crippen LogP contribution >= 0.6 is 22.9 Å². The van der Waals surface area contributed by atoms with Gasteiger partial charge in [-0.2, -0.15) is 0 Å². The molecule has 1 saturated carbocycles. The van der Waals surface area contributed by atoms with Crippen LogP contribution < -0.4 is 10.6 Å². The smallest absolute Gasteiger partial charge is 0.319 e. The molecule has 0 radical (unpaired) electrons. The molecule has 0 saturated heterocycles. The molecule has 5 heteroatoms. The number of amides is 2. The third-order valence-electron chi connectivity index (χ3n) is 1.74. The van der Waals surface area contributed by atoms with Crippen molar-refractivity contribution in [2.75, 3.05) is 5.32 Å². The molecule has 1 fully saturated rings. The molecule has 1 aliphatic carbocycles. The summed E-state index contributed by atoms with van der Waals surface area (Å²) in [5.41, 5.74) is 0.758. The molecular weight excluding hydrogens is 208 g/mol. The van der Waals surface area contributed by atoms with Gasteiger partial charge in [-0.1, -0.05) is 11.6 Å². The first kappa shape index (κ1) is 8.84. The van der Waals surface area contributed by atoms with Crippen molar-refractivity contribution in [3.63, 3.8) is 0 Å². The molecule has 2 amide bonds. The van der Waals surface area contributed by atoms with E-state index in [0.29, 0.717) is 10.4 Å². The van der Waals surface area contributed by atoms with Crippen molar-refractivity contribution >= 4 is 34.7 Å². The monoisotopic (exact) mass is 216 g/mol. The van der Waals surface area contributed by atoms with Gasteiger partial charge in [-0.05, 0) is 18.9 Å². The molecule has 1 aromatic heterocycles. The van der Waals surface area contributed by atoms with E-state index in [0.717, 1.165) is 18.5 Å². The van der Waals surface area contributed by atoms with Crippen molar-refractivity contribution in [3.8, 4) is 0 Å². The van der Waals surface area contributed by atoms with Crippen molar-refractivity contribution in [2.24, 2.45) is 0 Å². The van der Waals surface area contributed by atoms with Gasteiger partial charge in [0.2, 0.25) is 0 Å². The summed E-state index contributed by atoms with van der Waals surface area (Å²) in [5, 5.41) is 7.35. The van der Waals surface area contributed by atoms with Crippen LogP contribution in [0.1, 0.15) is 12.8 Å². The van der Waals surface area contributed by atoms with Crippen LogP contribution in [0.15, 0.2) is 11.4 Å². The van der Waals surface area contributed by atoms with Gasteiger partial charge in [0.1, 0.15) is 0 Å². The van der Waals surface area contributed by atoms with E-state index in [1.165, 1.54) is 11.3 Å². The van der Waals surface area contributed by atoms with Gasteiger partial charge in [0.25, 0.3) is 0 Å². The summed E-state index contributed by atoms with van der Waals surface area (Å²) in [5.74, 6) is 0. The molecule has 0 unspecified atom stereocenters. The molecule has 3 nitrogen and oxygen atoms in total. The van der Waals surface area contributed by atoms with Crippen LogP contribution in [0, 0.1) is 0 Å². The molecule has 13 heavy (non-hydrogen) atoms. The largest absolute Gasteiger partial charge is 0.335 e. The first-order valence-electron chi connectivity index (χ1n) is 4.05. The highest BCUT2D eigenvalue weighted by atomic mass is 35.5. The number of urea groups is 1. The minimum Gasteiger partial charge on any atom is -0.335 e. The van der Waals surface area contributed by atoms with Gasteiger partial charge in [-0.3, -0.25) is 0 Å². The molecule has 0 aromatic carbocycles. The van der Waals surface area contributed by atoms with Crippen molar-refractivity contribution in [1.82, 2.24) is 5.32 Å². The molecule has 2 N–H and O–H groups in total. The topological polar surface area (TPSA) is 41.1 Å². The van der Waals surface area contributed by atoms with E-state index in [4.69, 9.17) is 11.6 Å². The summed E-state index contributed by atoms with van der Waals surface area (Å²) >= 11 is 7.11. The number of carbonyl (C=O) groups excluding carboxylic acids is 1. The zero-order chi connectivity index (χ0) is 9.26. The van der Waals surface area contributed by atoms with Crippen molar-refractivity contribution in [3.05, 3.63) is 15.8 Å². The molecule has 0 spiro atoms. The lowest BCUT2D eigenvalue weighted by molar-refractivity contribution is 0.251. The average Bonchev–Trinajstić information content (AvgIpc) is 2.76. The van der Waals surface area contributed by atoms with Crippen LogP contribution in [-0.4, -0.2) is 12.1 Å². The van der Waals surface area contributed by atoms with Crippen LogP contribution in [0.4, 0.5) is 10.5 Å². The van der Waals surface area contributed by atoms with E-state index in [-0.39, 0.29) is 6.03 Å². The summed E-state index contributed by atoms with van der Waals surface area (Å²) in [7, 11) is 0. The van der Waals surface area contributed by atoms with Crippen LogP contribution in [0.2, 0.25) is 4.34 Å². The number of anilines is 1. The fourth-order valence-corrected chi connectivity index (χ4v) is 1.77. The number of nitrogens with one attached hydrogen (secondary N) is 2. The predicted octanol–water partition coefficient (Wildman–Crippen LogP) is 2.69. The van der Waals surface area contributed by atoms with Gasteiger partial charge >= 0.3 is 6.03 Å². The summed E-state index contributed by atoms with van der Waals surface area (Å²) in [4.78, 5) is 11.2. The number of hydrogen-bond donors (Lipinski definition) is 2. The fourth-order valence-electron chi connectivity index (χ4n) is 0.956. The van der Waals surface area contributed by atoms with Gasteiger partial charge in [0.05, 0.1) is 10.0 Å². The van der Waals surface area contributed by atoms with E-state index in [1.54, 1.807) is 6.07 Å². The summed E-state index contributed by atoms with van der Waals surface area (Å²) < 4.78 is 0.682. The van der Waals surface area contributed by atoms with Crippen LogP contribution in [0.25, 0.3) is 0 Å². The van der Waals surface area contributed by atoms with Gasteiger partial charge in [-0.15, -0.1) is 11.3 Å². The second-order valence-corrected chi connectivity index (χ2v) is 4.55. The Kier molecular flexibility index (Phi) is 2.42. The molecule has 1 aromatic rings. The Morgan fingerprint density at radius 3 is 2.92 bits per heavy atom. The quantitative estimate of drug-likeness (QED) is 0.784. The maximum Gasteiger partial charge on any atom is 0.319 e. The lowest BCUT2D eigenvalue weighted by Crippen LogP contribution is -2.30. The number of thiophene rings is 1. The van der Waals surface area contributed by atoms with Gasteiger partial charge in [-0.25, -0.2) is 4.79 Å². The van der Waals surface area contributed by atoms with Gasteiger partial charge in [0.15, 0.2) is 0 Å². The molecule has 1 heterocycles. The van der Waals surface area contributed by atoms with Gasteiger partial charge in [0, 0.05) is 11.4 Å². The average molecular weight is 217 g/mol. The van der Waals surface area contributed by atoms with Crippen LogP contribution in [0.5, 0.6) is 0 Å². The van der Waals surface area contributed by atoms with Crippen LogP contribution in [-0.2, 0) is 0 Å². The Morgan fingerprint density at radius 1 is 1.62 bits per heavy atom. The van der Waals surface area contributed by atoms with Crippen molar-refractivity contribution < 1.29 is 4.79 Å². The molecule has 0 atom stereocenters. The van der Waals surface area contributed by atoms with Crippen molar-refractivity contribution in [2.45, 2.75) is 18.9 Å². The van der Waals surface area contributed by atoms with Gasteiger partial charge < -0.3 is 10.6 Å². The first-order chi connectivity index (χ1) is 6.24. The van der Waals surface area contributed by atoms with E-state index < -0.39 is 0 Å². The van der Waals surface area contributed by atoms with Crippen LogP contribution in [0.3, 0.4) is 0 Å². The Bertz CT molecular complexity index is 322. The molecule has 70 valence electrons. The Morgan fingerprint density at radius 2 is 2.38 bits per heavy atom. The molecule has 0 bridgehead atoms. The second-order valence-electron chi connectivity index (χ2n) is 3.01. The van der Waals surface area contributed by atoms with E-state index in [9.17, 15) is 4.79 Å². The maximum atomic E-state index is 11.2. The number of hydrogen-bond acceptors (Lipinski definition) is 2. The summed E-state index contributed by atoms with van der Waals surface area (Å²) in [6, 6.07) is 1.98. The summed E-state index contributed by atoms with van der Waals surface area (Å²) in [6.45, 7) is 0. The SMILES string of the molecule is O=C(Nc1csc(Cl)c1)NC1CC1. The first-order valence-corrected chi connectivity index (χ1v) is 5.31. The number of halogens is 1. The predicted molar refractivity (Wildman–Crippen MR) is 54.5 cm³/mol. The minimum atomic E-state index is -0.142. The van der Waals surface area contributed by atoms with E-state index >= 15 is 0 Å². The summed E-state index contributed by atoms with van der Waals surface area (Å²) in [6.07, 6.45) is 2.19. The normalized spacial score (nSPS) is 15.5. The highest BCUT2D eigenvalue weighted by Gasteiger charge is 2.23. The minimum absolute atomic E-state index is 0.142. The lowest BCUT2D eigenvalue weighted by Gasteiger charge is -2.03. The Hall–Kier alpha value is -0.740. The van der Waals surface area contributed by atoms with Crippen molar-refractivity contribution in [1.29, 1.82) is 0 Å². The standard InChI is InChI=1S/C8H9ClN2OS/c9-7-3-6(4-13-7)11-8(12)10-5-1-2-5/h3-5H,1-2H2,(H2,10,11,12). The number of carbonyl (C=O) groups is 1. The number of rotatable bonds is 2. The molecular formula is C8H9ClN2OS. The Labute approximate surface area is 85.1 Å². The van der Waals surface area contributed by atoms with E-state index in [2.05, 4.69) is 10.6 Å². The van der Waals surface area contributed by atoms with E-state index in [1.807, 2.05) is 5.38 Å². The second kappa shape index (κ2) is 3.55. The maximum absolute atomic E-state index is 11.2. The molecule has 0 aliphatic heterocycles. The Balaban J connectivity index is 1.85. The molecule has 2 rings (SSSR count). The highest BCUT2D eigenvalue weighted by molar-refractivity contribution is 7.14. The molecule has 1 aliphatic rings. The third kappa shape index (κ3) is 2.60. The highest BCUT2D eigenvalue weighted by Crippen LogP contribution is 2.24. The lowest BCUT2D eigenvalue weighted by atomic mass is 10.5. The fraction of sp³-hybridized carbons (Fsp3) is 0.375. The zero-order valence-electron chi connectivity index (χ0n) is 6.84.